The minimum atomic E-state index is -0.154. The lowest BCUT2D eigenvalue weighted by Gasteiger charge is -2.22. The maximum Gasteiger partial charge on any atom is 0.126 e. The van der Waals surface area contributed by atoms with Crippen LogP contribution in [0.25, 0.3) is 0 Å². The first kappa shape index (κ1) is 16.5. The van der Waals surface area contributed by atoms with Gasteiger partial charge < -0.3 is 5.32 Å². The lowest BCUT2D eigenvalue weighted by Crippen LogP contribution is -2.30. The molecule has 3 heteroatoms. The highest BCUT2D eigenvalue weighted by atomic mass is 35.5. The SMILES string of the molecule is CC(C)CNCC(Cc1cc(Cl)ccc1F)C(C)C. The second kappa shape index (κ2) is 7.86. The van der Waals surface area contributed by atoms with E-state index in [1.165, 1.54) is 6.07 Å². The van der Waals surface area contributed by atoms with Crippen molar-refractivity contribution in [2.24, 2.45) is 17.8 Å². The summed E-state index contributed by atoms with van der Waals surface area (Å²) in [5.74, 6) is 1.42. The van der Waals surface area contributed by atoms with Gasteiger partial charge in [0.1, 0.15) is 5.82 Å². The second-order valence-electron chi connectivity index (χ2n) is 6.00. The van der Waals surface area contributed by atoms with Crippen molar-refractivity contribution in [2.75, 3.05) is 13.1 Å². The number of halogens is 2. The molecule has 108 valence electrons. The molecule has 0 saturated carbocycles. The fourth-order valence-electron chi connectivity index (χ4n) is 2.08. The zero-order chi connectivity index (χ0) is 14.4. The van der Waals surface area contributed by atoms with Gasteiger partial charge in [-0.3, -0.25) is 0 Å². The Morgan fingerprint density at radius 1 is 1.16 bits per heavy atom. The molecule has 0 fully saturated rings. The zero-order valence-corrected chi connectivity index (χ0v) is 13.1. The van der Waals surface area contributed by atoms with Crippen molar-refractivity contribution < 1.29 is 4.39 Å². The maximum absolute atomic E-state index is 13.8. The third kappa shape index (κ3) is 5.92. The number of hydrogen-bond donors (Lipinski definition) is 1. The minimum absolute atomic E-state index is 0.154. The normalized spacial score (nSPS) is 13.3. The van der Waals surface area contributed by atoms with Gasteiger partial charge in [-0.15, -0.1) is 0 Å². The van der Waals surface area contributed by atoms with E-state index < -0.39 is 0 Å². The van der Waals surface area contributed by atoms with E-state index in [-0.39, 0.29) is 5.82 Å². The van der Waals surface area contributed by atoms with Crippen LogP contribution in [0.4, 0.5) is 4.39 Å². The van der Waals surface area contributed by atoms with Gasteiger partial charge in [-0.05, 0) is 61.0 Å². The first-order valence-electron chi connectivity index (χ1n) is 7.04. The fraction of sp³-hybridized carbons (Fsp3) is 0.625. The summed E-state index contributed by atoms with van der Waals surface area (Å²) in [5, 5.41) is 4.07. The molecule has 1 unspecified atom stereocenters. The molecule has 0 aromatic heterocycles. The quantitative estimate of drug-likeness (QED) is 0.775. The van der Waals surface area contributed by atoms with Gasteiger partial charge in [-0.1, -0.05) is 39.3 Å². The molecule has 1 nitrogen and oxygen atoms in total. The average Bonchev–Trinajstić information content (AvgIpc) is 2.31. The molecule has 1 aromatic rings. The third-order valence-corrected chi connectivity index (χ3v) is 3.63. The summed E-state index contributed by atoms with van der Waals surface area (Å²) in [6.07, 6.45) is 0.731. The maximum atomic E-state index is 13.8. The van der Waals surface area contributed by atoms with Crippen LogP contribution in [0.5, 0.6) is 0 Å². The van der Waals surface area contributed by atoms with E-state index in [2.05, 4.69) is 33.0 Å². The van der Waals surface area contributed by atoms with Crippen molar-refractivity contribution in [2.45, 2.75) is 34.1 Å². The highest BCUT2D eigenvalue weighted by Gasteiger charge is 2.16. The van der Waals surface area contributed by atoms with Crippen LogP contribution in [-0.2, 0) is 6.42 Å². The molecular weight excluding hydrogens is 261 g/mol. The van der Waals surface area contributed by atoms with E-state index in [0.29, 0.717) is 22.8 Å². The van der Waals surface area contributed by atoms with Crippen LogP contribution >= 0.6 is 11.6 Å². The van der Waals surface area contributed by atoms with E-state index in [1.807, 2.05) is 0 Å². The van der Waals surface area contributed by atoms with Crippen molar-refractivity contribution in [3.8, 4) is 0 Å². The fourth-order valence-corrected chi connectivity index (χ4v) is 2.28. The third-order valence-electron chi connectivity index (χ3n) is 3.39. The van der Waals surface area contributed by atoms with Gasteiger partial charge in [0.15, 0.2) is 0 Å². The summed E-state index contributed by atoms with van der Waals surface area (Å²) < 4.78 is 13.8. The van der Waals surface area contributed by atoms with Crippen LogP contribution in [0.2, 0.25) is 5.02 Å². The molecule has 0 spiro atoms. The van der Waals surface area contributed by atoms with Crippen LogP contribution < -0.4 is 5.32 Å². The summed E-state index contributed by atoms with van der Waals surface area (Å²) >= 11 is 5.94. The van der Waals surface area contributed by atoms with E-state index in [9.17, 15) is 4.39 Å². The van der Waals surface area contributed by atoms with Crippen molar-refractivity contribution in [1.82, 2.24) is 5.32 Å². The smallest absolute Gasteiger partial charge is 0.126 e. The van der Waals surface area contributed by atoms with Gasteiger partial charge in [0.25, 0.3) is 0 Å². The summed E-state index contributed by atoms with van der Waals surface area (Å²) in [5.41, 5.74) is 0.720. The van der Waals surface area contributed by atoms with Gasteiger partial charge in [-0.2, -0.15) is 0 Å². The Morgan fingerprint density at radius 2 is 1.84 bits per heavy atom. The number of rotatable bonds is 7. The number of benzene rings is 1. The molecule has 19 heavy (non-hydrogen) atoms. The van der Waals surface area contributed by atoms with Crippen LogP contribution in [0.15, 0.2) is 18.2 Å². The molecule has 0 heterocycles. The monoisotopic (exact) mass is 285 g/mol. The zero-order valence-electron chi connectivity index (χ0n) is 12.3. The van der Waals surface area contributed by atoms with Crippen molar-refractivity contribution in [1.29, 1.82) is 0 Å². The molecule has 0 amide bonds. The highest BCUT2D eigenvalue weighted by molar-refractivity contribution is 6.30. The van der Waals surface area contributed by atoms with E-state index in [1.54, 1.807) is 12.1 Å². The lowest BCUT2D eigenvalue weighted by molar-refractivity contribution is 0.349. The Hall–Kier alpha value is -0.600. The number of nitrogens with one attached hydrogen (secondary N) is 1. The van der Waals surface area contributed by atoms with Gasteiger partial charge in [-0.25, -0.2) is 4.39 Å². The Balaban J connectivity index is 2.64. The van der Waals surface area contributed by atoms with Gasteiger partial charge in [0.2, 0.25) is 0 Å². The van der Waals surface area contributed by atoms with Crippen molar-refractivity contribution in [3.05, 3.63) is 34.6 Å². The van der Waals surface area contributed by atoms with E-state index in [4.69, 9.17) is 11.6 Å². The Labute approximate surface area is 121 Å². The van der Waals surface area contributed by atoms with E-state index >= 15 is 0 Å². The molecule has 1 rings (SSSR count). The summed E-state index contributed by atoms with van der Waals surface area (Å²) in [6.45, 7) is 10.7. The molecule has 0 aliphatic carbocycles. The molecule has 0 bridgehead atoms. The summed E-state index contributed by atoms with van der Waals surface area (Å²) in [7, 11) is 0. The topological polar surface area (TPSA) is 12.0 Å². The molecule has 0 aliphatic heterocycles. The first-order valence-corrected chi connectivity index (χ1v) is 7.42. The van der Waals surface area contributed by atoms with Crippen LogP contribution in [-0.4, -0.2) is 13.1 Å². The minimum Gasteiger partial charge on any atom is -0.316 e. The van der Waals surface area contributed by atoms with Crippen molar-refractivity contribution in [3.63, 3.8) is 0 Å². The average molecular weight is 286 g/mol. The predicted molar refractivity (Wildman–Crippen MR) is 81.1 cm³/mol. The molecule has 0 aliphatic rings. The predicted octanol–water partition coefficient (Wildman–Crippen LogP) is 4.54. The van der Waals surface area contributed by atoms with Gasteiger partial charge in [0.05, 0.1) is 0 Å². The summed E-state index contributed by atoms with van der Waals surface area (Å²) in [6, 6.07) is 4.80. The second-order valence-corrected chi connectivity index (χ2v) is 6.43. The van der Waals surface area contributed by atoms with E-state index in [0.717, 1.165) is 25.1 Å². The van der Waals surface area contributed by atoms with Crippen molar-refractivity contribution >= 4 is 11.6 Å². The van der Waals surface area contributed by atoms with Crippen LogP contribution in [0.3, 0.4) is 0 Å². The van der Waals surface area contributed by atoms with Crippen LogP contribution in [0.1, 0.15) is 33.3 Å². The Morgan fingerprint density at radius 3 is 2.42 bits per heavy atom. The van der Waals surface area contributed by atoms with Gasteiger partial charge >= 0.3 is 0 Å². The molecule has 0 radical (unpaired) electrons. The standard InChI is InChI=1S/C16H25ClFN/c1-11(2)9-19-10-14(12(3)4)7-13-8-15(17)5-6-16(13)18/h5-6,8,11-12,14,19H,7,9-10H2,1-4H3. The number of hydrogen-bond acceptors (Lipinski definition) is 1. The highest BCUT2D eigenvalue weighted by Crippen LogP contribution is 2.21. The molecular formula is C16H25ClFN. The molecule has 1 N–H and O–H groups in total. The van der Waals surface area contributed by atoms with Gasteiger partial charge in [0, 0.05) is 5.02 Å². The molecule has 1 atom stereocenters. The Bertz CT molecular complexity index is 390. The largest absolute Gasteiger partial charge is 0.316 e. The first-order chi connectivity index (χ1) is 8.90. The molecule has 0 saturated heterocycles. The van der Waals surface area contributed by atoms with Crippen LogP contribution in [0, 0.1) is 23.6 Å². The molecule has 1 aromatic carbocycles. The lowest BCUT2D eigenvalue weighted by atomic mass is 9.89. The summed E-state index contributed by atoms with van der Waals surface area (Å²) in [4.78, 5) is 0. The Kier molecular flexibility index (Phi) is 6.81.